The van der Waals surface area contributed by atoms with Crippen molar-refractivity contribution in [3.05, 3.63) is 15.8 Å². The Kier molecular flexibility index (Phi) is 4.19. The Morgan fingerprint density at radius 3 is 2.65 bits per heavy atom. The molecule has 94 valence electrons. The molecule has 0 fully saturated rings. The van der Waals surface area contributed by atoms with Gasteiger partial charge in [0.05, 0.1) is 11.0 Å². The van der Waals surface area contributed by atoms with E-state index in [2.05, 4.69) is 15.3 Å². The summed E-state index contributed by atoms with van der Waals surface area (Å²) in [6.07, 6.45) is 0.613. The van der Waals surface area contributed by atoms with Crippen molar-refractivity contribution < 1.29 is 9.66 Å². The van der Waals surface area contributed by atoms with E-state index in [9.17, 15) is 10.1 Å². The minimum absolute atomic E-state index is 0.0150. The summed E-state index contributed by atoms with van der Waals surface area (Å²) < 4.78 is 5.45. The van der Waals surface area contributed by atoms with Crippen molar-refractivity contribution in [1.82, 2.24) is 9.97 Å². The van der Waals surface area contributed by atoms with Gasteiger partial charge >= 0.3 is 5.69 Å². The minimum Gasteiger partial charge on any atom is -0.470 e. The van der Waals surface area contributed by atoms with Crippen molar-refractivity contribution in [2.45, 2.75) is 33.3 Å². The second-order valence-electron chi connectivity index (χ2n) is 3.63. The maximum absolute atomic E-state index is 10.9. The quantitative estimate of drug-likeness (QED) is 0.624. The molecule has 0 bridgehead atoms. The van der Waals surface area contributed by atoms with Crippen LogP contribution < -0.4 is 10.1 Å². The zero-order valence-corrected chi connectivity index (χ0v) is 10.4. The summed E-state index contributed by atoms with van der Waals surface area (Å²) in [5.41, 5.74) is 0.108. The van der Waals surface area contributed by atoms with Crippen molar-refractivity contribution in [1.29, 1.82) is 0 Å². The molecule has 0 amide bonds. The molecule has 1 heterocycles. The lowest BCUT2D eigenvalue weighted by molar-refractivity contribution is -0.387. The molecule has 1 aromatic rings. The predicted octanol–water partition coefficient (Wildman–Crippen LogP) is 1.91. The van der Waals surface area contributed by atoms with Crippen LogP contribution in [0.3, 0.4) is 0 Å². The van der Waals surface area contributed by atoms with Crippen LogP contribution in [0.1, 0.15) is 26.0 Å². The van der Waals surface area contributed by atoms with Gasteiger partial charge in [-0.05, 0) is 20.3 Å². The summed E-state index contributed by atoms with van der Waals surface area (Å²) in [5, 5.41) is 13.7. The number of rotatable bonds is 5. The molecule has 1 unspecified atom stereocenters. The fourth-order valence-corrected chi connectivity index (χ4v) is 1.22. The third-order valence-electron chi connectivity index (χ3n) is 2.32. The Balaban J connectivity index is 3.22. The number of aromatic nitrogens is 2. The molecule has 1 rings (SSSR count). The van der Waals surface area contributed by atoms with E-state index in [0.717, 1.165) is 6.42 Å². The molecular formula is C10H16N4O3. The van der Waals surface area contributed by atoms with Gasteiger partial charge in [-0.25, -0.2) is 4.98 Å². The molecule has 0 saturated heterocycles. The third kappa shape index (κ3) is 3.02. The van der Waals surface area contributed by atoms with Gasteiger partial charge in [-0.3, -0.25) is 10.1 Å². The maximum Gasteiger partial charge on any atom is 0.352 e. The van der Waals surface area contributed by atoms with E-state index in [0.29, 0.717) is 5.95 Å². The summed E-state index contributed by atoms with van der Waals surface area (Å²) in [6.45, 7) is 5.33. The first-order valence-electron chi connectivity index (χ1n) is 5.37. The molecule has 0 saturated carbocycles. The molecule has 0 radical (unpaired) electrons. The lowest BCUT2D eigenvalue weighted by Crippen LogP contribution is -2.14. The Bertz CT molecular complexity index is 422. The Morgan fingerprint density at radius 2 is 2.18 bits per heavy atom. The Morgan fingerprint density at radius 1 is 1.53 bits per heavy atom. The van der Waals surface area contributed by atoms with E-state index in [1.165, 1.54) is 0 Å². The summed E-state index contributed by atoms with van der Waals surface area (Å²) in [4.78, 5) is 18.4. The smallest absolute Gasteiger partial charge is 0.352 e. The first kappa shape index (κ1) is 13.1. The molecule has 1 aromatic heterocycles. The number of nitrogens with zero attached hydrogens (tertiary/aromatic N) is 3. The normalized spacial score (nSPS) is 12.0. The summed E-state index contributed by atoms with van der Waals surface area (Å²) >= 11 is 0. The SMILES string of the molecule is CCC(C)Oc1nc(NC)nc(C)c1[N+](=O)[O-]. The van der Waals surface area contributed by atoms with Gasteiger partial charge in [0, 0.05) is 7.05 Å². The van der Waals surface area contributed by atoms with E-state index in [4.69, 9.17) is 4.74 Å². The van der Waals surface area contributed by atoms with Crippen LogP contribution in [0.4, 0.5) is 11.6 Å². The van der Waals surface area contributed by atoms with Crippen LogP contribution in [0.15, 0.2) is 0 Å². The molecule has 0 aliphatic heterocycles. The number of hydrogen-bond acceptors (Lipinski definition) is 6. The highest BCUT2D eigenvalue weighted by atomic mass is 16.6. The zero-order valence-electron chi connectivity index (χ0n) is 10.4. The number of anilines is 1. The second kappa shape index (κ2) is 5.42. The second-order valence-corrected chi connectivity index (χ2v) is 3.63. The van der Waals surface area contributed by atoms with Gasteiger partial charge in [-0.1, -0.05) is 6.92 Å². The molecule has 7 nitrogen and oxygen atoms in total. The van der Waals surface area contributed by atoms with Gasteiger partial charge in [-0.15, -0.1) is 0 Å². The van der Waals surface area contributed by atoms with Crippen LogP contribution in [0.25, 0.3) is 0 Å². The average Bonchev–Trinajstić information content (AvgIpc) is 2.27. The minimum atomic E-state index is -0.521. The number of hydrogen-bond donors (Lipinski definition) is 1. The topological polar surface area (TPSA) is 90.2 Å². The summed E-state index contributed by atoms with van der Waals surface area (Å²) in [5.74, 6) is 0.326. The van der Waals surface area contributed by atoms with Crippen molar-refractivity contribution >= 4 is 11.6 Å². The standard InChI is InChI=1S/C10H16N4O3/c1-5-6(2)17-9-8(14(15)16)7(3)12-10(11-4)13-9/h6H,5H2,1-4H3,(H,11,12,13). The van der Waals surface area contributed by atoms with Crippen LogP contribution in [-0.4, -0.2) is 28.0 Å². The van der Waals surface area contributed by atoms with Crippen LogP contribution in [0, 0.1) is 17.0 Å². The van der Waals surface area contributed by atoms with Crippen molar-refractivity contribution in [2.75, 3.05) is 12.4 Å². The monoisotopic (exact) mass is 240 g/mol. The molecule has 0 spiro atoms. The lowest BCUT2D eigenvalue weighted by Gasteiger charge is -2.13. The number of aryl methyl sites for hydroxylation is 1. The molecule has 0 aliphatic rings. The third-order valence-corrected chi connectivity index (χ3v) is 2.32. The zero-order chi connectivity index (χ0) is 13.0. The number of nitrogens with one attached hydrogen (secondary N) is 1. The van der Waals surface area contributed by atoms with Crippen LogP contribution >= 0.6 is 0 Å². The van der Waals surface area contributed by atoms with Crippen LogP contribution in [0.2, 0.25) is 0 Å². The number of nitro groups is 1. The molecule has 0 aliphatic carbocycles. The fourth-order valence-electron chi connectivity index (χ4n) is 1.22. The van der Waals surface area contributed by atoms with Gasteiger partial charge in [0.15, 0.2) is 0 Å². The molecule has 17 heavy (non-hydrogen) atoms. The van der Waals surface area contributed by atoms with Gasteiger partial charge in [0.2, 0.25) is 5.95 Å². The maximum atomic E-state index is 10.9. The van der Waals surface area contributed by atoms with E-state index < -0.39 is 4.92 Å². The van der Waals surface area contributed by atoms with Crippen molar-refractivity contribution in [3.63, 3.8) is 0 Å². The summed E-state index contributed by atoms with van der Waals surface area (Å²) in [7, 11) is 1.65. The Labute approximate surface area is 99.4 Å². The highest BCUT2D eigenvalue weighted by Crippen LogP contribution is 2.29. The highest BCUT2D eigenvalue weighted by Gasteiger charge is 2.24. The van der Waals surface area contributed by atoms with E-state index >= 15 is 0 Å². The largest absolute Gasteiger partial charge is 0.470 e. The molecule has 7 heteroatoms. The van der Waals surface area contributed by atoms with E-state index in [1.54, 1.807) is 14.0 Å². The summed E-state index contributed by atoms with van der Waals surface area (Å²) in [6, 6.07) is 0. The van der Waals surface area contributed by atoms with E-state index in [-0.39, 0.29) is 23.4 Å². The molecular weight excluding hydrogens is 224 g/mol. The first-order chi connectivity index (χ1) is 7.99. The lowest BCUT2D eigenvalue weighted by atomic mass is 10.3. The first-order valence-corrected chi connectivity index (χ1v) is 5.37. The van der Waals surface area contributed by atoms with Crippen molar-refractivity contribution in [2.24, 2.45) is 0 Å². The average molecular weight is 240 g/mol. The predicted molar refractivity (Wildman–Crippen MR) is 63.4 cm³/mol. The van der Waals surface area contributed by atoms with Crippen molar-refractivity contribution in [3.8, 4) is 5.88 Å². The highest BCUT2D eigenvalue weighted by molar-refractivity contribution is 5.48. The van der Waals surface area contributed by atoms with Gasteiger partial charge in [0.1, 0.15) is 5.69 Å². The van der Waals surface area contributed by atoms with Gasteiger partial charge < -0.3 is 10.1 Å². The molecule has 1 N–H and O–H groups in total. The Hall–Kier alpha value is -1.92. The van der Waals surface area contributed by atoms with Crippen LogP contribution in [0.5, 0.6) is 5.88 Å². The fraction of sp³-hybridized carbons (Fsp3) is 0.600. The van der Waals surface area contributed by atoms with E-state index in [1.807, 2.05) is 13.8 Å². The number of ether oxygens (including phenoxy) is 1. The van der Waals surface area contributed by atoms with Crippen LogP contribution in [-0.2, 0) is 0 Å². The molecule has 0 aromatic carbocycles. The van der Waals surface area contributed by atoms with Gasteiger partial charge in [-0.2, -0.15) is 4.98 Å². The molecule has 1 atom stereocenters. The van der Waals surface area contributed by atoms with Gasteiger partial charge in [0.25, 0.3) is 5.88 Å².